The van der Waals surface area contributed by atoms with Crippen LogP contribution in [0.1, 0.15) is 31.9 Å². The second-order valence-electron chi connectivity index (χ2n) is 7.32. The summed E-state index contributed by atoms with van der Waals surface area (Å²) in [4.78, 5) is 12.6. The van der Waals surface area contributed by atoms with Crippen LogP contribution >= 0.6 is 0 Å². The van der Waals surface area contributed by atoms with Gasteiger partial charge in [0.1, 0.15) is 0 Å². The van der Waals surface area contributed by atoms with Gasteiger partial charge in [0, 0.05) is 22.6 Å². The molecule has 2 nitrogen and oxygen atoms in total. The monoisotopic (exact) mass is 342 g/mol. The highest BCUT2D eigenvalue weighted by Gasteiger charge is 2.49. The van der Waals surface area contributed by atoms with Gasteiger partial charge in [-0.2, -0.15) is 0 Å². The summed E-state index contributed by atoms with van der Waals surface area (Å²) in [5.74, 6) is -0.274. The average Bonchev–Trinajstić information content (AvgIpc) is 2.93. The number of carbonyl (C=O) groups excluding carboxylic acids is 1. The predicted molar refractivity (Wildman–Crippen MR) is 106 cm³/mol. The van der Waals surface area contributed by atoms with Crippen molar-refractivity contribution >= 4 is 16.7 Å². The number of ether oxygens (including phenoxy) is 1. The average molecular weight is 342 g/mol. The third-order valence-electron chi connectivity index (χ3n) is 5.34. The van der Waals surface area contributed by atoms with Gasteiger partial charge in [-0.15, -0.1) is 0 Å². The molecule has 0 amide bonds. The molecule has 3 aromatic carbocycles. The molecule has 130 valence electrons. The van der Waals surface area contributed by atoms with Crippen LogP contribution in [0.5, 0.6) is 0 Å². The Morgan fingerprint density at radius 2 is 1.65 bits per heavy atom. The molecule has 0 saturated carbocycles. The molecule has 0 fully saturated rings. The SMILES string of the molecule is C=C(C)C(=O)OC1(C(C)C)c2ccccc2-c2c1ccc1ccccc21. The van der Waals surface area contributed by atoms with Crippen molar-refractivity contribution in [3.05, 3.63) is 83.9 Å². The summed E-state index contributed by atoms with van der Waals surface area (Å²) in [6, 6.07) is 20.9. The summed E-state index contributed by atoms with van der Waals surface area (Å²) >= 11 is 0. The van der Waals surface area contributed by atoms with E-state index >= 15 is 0 Å². The van der Waals surface area contributed by atoms with E-state index in [1.165, 1.54) is 16.3 Å². The van der Waals surface area contributed by atoms with Gasteiger partial charge in [-0.05, 0) is 28.8 Å². The fourth-order valence-electron chi connectivity index (χ4n) is 4.12. The largest absolute Gasteiger partial charge is 0.446 e. The molecule has 0 saturated heterocycles. The van der Waals surface area contributed by atoms with Crippen molar-refractivity contribution in [1.29, 1.82) is 0 Å². The summed E-state index contributed by atoms with van der Waals surface area (Å²) in [5, 5.41) is 2.37. The van der Waals surface area contributed by atoms with Crippen molar-refractivity contribution in [3.8, 4) is 11.1 Å². The maximum Gasteiger partial charge on any atom is 0.334 e. The first-order chi connectivity index (χ1) is 12.5. The molecular formula is C24H22O2. The summed E-state index contributed by atoms with van der Waals surface area (Å²) < 4.78 is 6.19. The van der Waals surface area contributed by atoms with E-state index < -0.39 is 5.60 Å². The van der Waals surface area contributed by atoms with Crippen LogP contribution in [0.3, 0.4) is 0 Å². The molecule has 1 atom stereocenters. The molecule has 3 aromatic rings. The molecule has 0 radical (unpaired) electrons. The van der Waals surface area contributed by atoms with Crippen LogP contribution in [-0.4, -0.2) is 5.97 Å². The van der Waals surface area contributed by atoms with E-state index in [-0.39, 0.29) is 11.9 Å². The lowest BCUT2D eigenvalue weighted by atomic mass is 9.80. The minimum absolute atomic E-state index is 0.0781. The highest BCUT2D eigenvalue weighted by molar-refractivity contribution is 6.02. The first kappa shape index (κ1) is 16.6. The number of esters is 1. The van der Waals surface area contributed by atoms with Crippen LogP contribution in [0.15, 0.2) is 72.8 Å². The highest BCUT2D eigenvalue weighted by Crippen LogP contribution is 2.55. The van der Waals surface area contributed by atoms with Crippen molar-refractivity contribution < 1.29 is 9.53 Å². The molecule has 0 aliphatic heterocycles. The number of carbonyl (C=O) groups is 1. The quantitative estimate of drug-likeness (QED) is 0.441. The Morgan fingerprint density at radius 3 is 2.38 bits per heavy atom. The normalized spacial score (nSPS) is 17.8. The summed E-state index contributed by atoms with van der Waals surface area (Å²) in [6.45, 7) is 9.68. The Labute approximate surface area is 154 Å². The summed E-state index contributed by atoms with van der Waals surface area (Å²) in [6.07, 6.45) is 0. The maximum atomic E-state index is 12.6. The molecule has 0 aromatic heterocycles. The van der Waals surface area contributed by atoms with Crippen LogP contribution in [0.25, 0.3) is 21.9 Å². The molecule has 1 aliphatic rings. The third kappa shape index (κ3) is 2.15. The Kier molecular flexibility index (Phi) is 3.73. The van der Waals surface area contributed by atoms with Gasteiger partial charge in [-0.3, -0.25) is 0 Å². The van der Waals surface area contributed by atoms with Gasteiger partial charge in [0.15, 0.2) is 5.60 Å². The van der Waals surface area contributed by atoms with Crippen molar-refractivity contribution in [2.24, 2.45) is 5.92 Å². The van der Waals surface area contributed by atoms with Crippen molar-refractivity contribution in [3.63, 3.8) is 0 Å². The number of benzene rings is 3. The van der Waals surface area contributed by atoms with Crippen LogP contribution in [0.2, 0.25) is 0 Å². The zero-order chi connectivity index (χ0) is 18.5. The second-order valence-corrected chi connectivity index (χ2v) is 7.32. The van der Waals surface area contributed by atoms with Gasteiger partial charge in [0.05, 0.1) is 0 Å². The third-order valence-corrected chi connectivity index (χ3v) is 5.34. The molecule has 26 heavy (non-hydrogen) atoms. The van der Waals surface area contributed by atoms with Crippen LogP contribution in [0, 0.1) is 5.92 Å². The molecule has 0 bridgehead atoms. The zero-order valence-electron chi connectivity index (χ0n) is 15.4. The molecule has 1 unspecified atom stereocenters. The first-order valence-corrected chi connectivity index (χ1v) is 8.97. The lowest BCUT2D eigenvalue weighted by Gasteiger charge is -2.35. The van der Waals surface area contributed by atoms with Gasteiger partial charge in [-0.25, -0.2) is 4.79 Å². The van der Waals surface area contributed by atoms with E-state index in [0.29, 0.717) is 5.57 Å². The van der Waals surface area contributed by atoms with E-state index in [0.717, 1.165) is 16.7 Å². The molecule has 1 aliphatic carbocycles. The van der Waals surface area contributed by atoms with Gasteiger partial charge < -0.3 is 4.74 Å². The van der Waals surface area contributed by atoms with Crippen molar-refractivity contribution in [2.45, 2.75) is 26.4 Å². The van der Waals surface area contributed by atoms with E-state index in [9.17, 15) is 4.79 Å². The molecule has 2 heteroatoms. The van der Waals surface area contributed by atoms with Crippen molar-refractivity contribution in [2.75, 3.05) is 0 Å². The Balaban J connectivity index is 2.10. The molecule has 4 rings (SSSR count). The smallest absolute Gasteiger partial charge is 0.334 e. The minimum Gasteiger partial charge on any atom is -0.446 e. The van der Waals surface area contributed by atoms with Gasteiger partial charge >= 0.3 is 5.97 Å². The maximum absolute atomic E-state index is 12.6. The topological polar surface area (TPSA) is 26.3 Å². The van der Waals surface area contributed by atoms with Gasteiger partial charge in [0.2, 0.25) is 0 Å². The highest BCUT2D eigenvalue weighted by atomic mass is 16.6. The number of hydrogen-bond acceptors (Lipinski definition) is 2. The van der Waals surface area contributed by atoms with Gasteiger partial charge in [-0.1, -0.05) is 81.1 Å². The Bertz CT molecular complexity index is 1050. The molecule has 0 N–H and O–H groups in total. The lowest BCUT2D eigenvalue weighted by molar-refractivity contribution is -0.155. The van der Waals surface area contributed by atoms with Crippen LogP contribution in [-0.2, 0) is 15.1 Å². The zero-order valence-corrected chi connectivity index (χ0v) is 15.4. The second kappa shape index (κ2) is 5.84. The van der Waals surface area contributed by atoms with E-state index in [4.69, 9.17) is 4.74 Å². The minimum atomic E-state index is -0.800. The first-order valence-electron chi connectivity index (χ1n) is 8.97. The fourth-order valence-corrected chi connectivity index (χ4v) is 4.12. The fraction of sp³-hybridized carbons (Fsp3) is 0.208. The van der Waals surface area contributed by atoms with E-state index in [1.54, 1.807) is 6.92 Å². The molecule has 0 spiro atoms. The lowest BCUT2D eigenvalue weighted by Crippen LogP contribution is -2.37. The number of fused-ring (bicyclic) bond motifs is 5. The number of hydrogen-bond donors (Lipinski definition) is 0. The number of rotatable bonds is 3. The van der Waals surface area contributed by atoms with E-state index in [1.807, 2.05) is 18.2 Å². The molecular weight excluding hydrogens is 320 g/mol. The van der Waals surface area contributed by atoms with Crippen molar-refractivity contribution in [1.82, 2.24) is 0 Å². The van der Waals surface area contributed by atoms with Crippen LogP contribution < -0.4 is 0 Å². The van der Waals surface area contributed by atoms with Crippen LogP contribution in [0.4, 0.5) is 0 Å². The Morgan fingerprint density at radius 1 is 0.962 bits per heavy atom. The summed E-state index contributed by atoms with van der Waals surface area (Å²) in [7, 11) is 0. The standard InChI is InChI=1S/C24H22O2/c1-15(2)23(25)26-24(16(3)4)20-12-8-7-11-19(20)22-18-10-6-5-9-17(18)13-14-21(22)24/h5-14,16H,1H2,2-4H3. The van der Waals surface area contributed by atoms with Gasteiger partial charge in [0.25, 0.3) is 0 Å². The predicted octanol–water partition coefficient (Wildman–Crippen LogP) is 5.84. The van der Waals surface area contributed by atoms with E-state index in [2.05, 4.69) is 62.9 Å². The summed E-state index contributed by atoms with van der Waals surface area (Å²) in [5.41, 5.74) is 4.03. The Hall–Kier alpha value is -2.87. The molecule has 0 heterocycles.